The van der Waals surface area contributed by atoms with Crippen LogP contribution in [0.15, 0.2) is 382 Å². The van der Waals surface area contributed by atoms with Gasteiger partial charge in [0.15, 0.2) is 5.69 Å². The Bertz CT molecular complexity index is 7900. The molecule has 0 bridgehead atoms. The minimum absolute atomic E-state index is 0.132. The van der Waals surface area contributed by atoms with Crippen LogP contribution in [0.3, 0.4) is 0 Å². The first kappa shape index (κ1) is 90.4. The lowest BCUT2D eigenvalue weighted by Crippen LogP contribution is -2.61. The Morgan fingerprint density at radius 3 is 0.851 bits per heavy atom. The third-order valence-corrected chi connectivity index (χ3v) is 29.6. The van der Waals surface area contributed by atoms with Gasteiger partial charge in [-0.3, -0.25) is 0 Å². The largest absolute Gasteiger partial charge is 0.310 e. The number of hydrogen-bond acceptors (Lipinski definition) is 3. The minimum Gasteiger partial charge on any atom is -0.310 e. The van der Waals surface area contributed by atoms with E-state index in [1.807, 2.05) is 24.3 Å². The van der Waals surface area contributed by atoms with E-state index in [0.717, 1.165) is 184 Å². The van der Waals surface area contributed by atoms with Crippen molar-refractivity contribution in [2.45, 2.75) is 157 Å². The number of benzene rings is 18. The molecule has 0 saturated carbocycles. The lowest BCUT2D eigenvalue weighted by atomic mass is 9.33. The highest BCUT2D eigenvalue weighted by atomic mass is 15.2. The molecule has 22 rings (SSSR count). The van der Waals surface area contributed by atoms with Crippen molar-refractivity contribution < 1.29 is 0 Å². The molecule has 2 aliphatic heterocycles. The molecule has 0 radical (unpaired) electrons. The van der Waals surface area contributed by atoms with Gasteiger partial charge in [-0.05, 0) is 294 Å². The number of nitrogens with zero attached hydrogens (tertiary/aromatic N) is 6. The van der Waals surface area contributed by atoms with E-state index in [2.05, 4.69) is 512 Å². The van der Waals surface area contributed by atoms with Crippen molar-refractivity contribution in [2.24, 2.45) is 0 Å². The Morgan fingerprint density at radius 2 is 0.525 bits per heavy atom. The zero-order valence-electron chi connectivity index (χ0n) is 84.1. The summed E-state index contributed by atoms with van der Waals surface area (Å²) in [6, 6.07) is 148. The molecule has 2 aliphatic rings. The molecule has 0 fully saturated rings. The van der Waals surface area contributed by atoms with E-state index in [0.29, 0.717) is 11.3 Å². The van der Waals surface area contributed by atoms with Crippen LogP contribution in [0.25, 0.3) is 160 Å². The minimum atomic E-state index is -0.433. The number of aromatic nitrogens is 2. The monoisotopic (exact) mass is 1820 g/mol. The van der Waals surface area contributed by atoms with E-state index in [-0.39, 0.29) is 32.5 Å². The summed E-state index contributed by atoms with van der Waals surface area (Å²) >= 11 is 0. The molecule has 0 N–H and O–H groups in total. The average Bonchev–Trinajstić information content (AvgIpc) is 0.814. The third kappa shape index (κ3) is 16.2. The number of nitriles is 1. The van der Waals surface area contributed by atoms with Crippen LogP contribution in [0.1, 0.15) is 164 Å². The number of rotatable bonds is 13. The zero-order chi connectivity index (χ0) is 97.8. The second-order valence-electron chi connectivity index (χ2n) is 45.2. The van der Waals surface area contributed by atoms with Crippen molar-refractivity contribution in [2.75, 3.05) is 9.80 Å². The predicted octanol–water partition coefficient (Wildman–Crippen LogP) is 35.2. The van der Waals surface area contributed by atoms with E-state index >= 15 is 0 Å². The Balaban J connectivity index is 0.954. The highest BCUT2D eigenvalue weighted by Crippen LogP contribution is 2.58. The molecule has 0 atom stereocenters. The summed E-state index contributed by atoms with van der Waals surface area (Å²) in [5.41, 5.74) is 42.7. The zero-order valence-corrected chi connectivity index (χ0v) is 84.1. The summed E-state index contributed by atoms with van der Waals surface area (Å²) in [5.74, 6) is 0. The van der Waals surface area contributed by atoms with Gasteiger partial charge in [0.2, 0.25) is 0 Å². The molecule has 6 nitrogen and oxygen atoms in total. The fraction of sp³-hybridized carbons (Fsp3) is 0.179. The molecule has 18 aromatic carbocycles. The molecule has 0 saturated heterocycles. The van der Waals surface area contributed by atoms with Gasteiger partial charge >= 0.3 is 0 Å². The van der Waals surface area contributed by atoms with Crippen LogP contribution in [0.2, 0.25) is 0 Å². The van der Waals surface area contributed by atoms with Crippen LogP contribution in [0, 0.1) is 17.9 Å². The maximum atomic E-state index is 10.6. The SMILES string of the molecule is [C-]#[N+]c1ccc(-c2cc(-c3cccc(-c4ccccc4)c3)c(N3c4cc(-n5c6ccc(C(C)(C)C)cc6c6cc(C(C)(C)C)ccc65)ccc4B4c5ccc(-n6c7ccc(C(C)(C)C)cc7c7cc(C(C)(C)C)ccc76)cc5N(c5c(-c6cccc(-c7ccccc7)c6)cc(-c6ccc(C#N)cc6)cc5-c5cccc(C(C)(C)C)c5)c5cc(-c6ccccc6)cc3c54)c(-c3cccc(C(C)(C)C)c3)c2)cc1. The number of anilines is 6. The van der Waals surface area contributed by atoms with Crippen LogP contribution in [-0.4, -0.2) is 15.8 Å². The second kappa shape index (κ2) is 34.1. The van der Waals surface area contributed by atoms with Gasteiger partial charge < -0.3 is 18.9 Å². The van der Waals surface area contributed by atoms with Crippen molar-refractivity contribution in [3.8, 4) is 118 Å². The molecular weight excluding hydrogens is 1700 g/mol. The predicted molar refractivity (Wildman–Crippen MR) is 601 cm³/mol. The van der Waals surface area contributed by atoms with E-state index in [1.54, 1.807) is 0 Å². The van der Waals surface area contributed by atoms with Gasteiger partial charge in [-0.15, -0.1) is 0 Å². The quantitative estimate of drug-likeness (QED) is 0.0854. The average molecular weight is 1820 g/mol. The molecule has 0 spiro atoms. The Kier molecular flexibility index (Phi) is 21.8. The maximum Gasteiger partial charge on any atom is 0.252 e. The summed E-state index contributed by atoms with van der Waals surface area (Å²) in [7, 11) is 0. The fourth-order valence-corrected chi connectivity index (χ4v) is 21.7. The van der Waals surface area contributed by atoms with Crippen LogP contribution in [0.4, 0.5) is 39.8 Å². The highest BCUT2D eigenvalue weighted by molar-refractivity contribution is 7.00. The maximum absolute atomic E-state index is 10.6. The highest BCUT2D eigenvalue weighted by Gasteiger charge is 2.47. The van der Waals surface area contributed by atoms with Crippen molar-refractivity contribution in [1.29, 1.82) is 5.26 Å². The molecule has 4 heterocycles. The molecule has 141 heavy (non-hydrogen) atoms. The van der Waals surface area contributed by atoms with Crippen molar-refractivity contribution >= 4 is 107 Å². The van der Waals surface area contributed by atoms with E-state index in [1.165, 1.54) is 54.9 Å². The number of hydrogen-bond donors (Lipinski definition) is 0. The normalized spacial score (nSPS) is 12.8. The van der Waals surface area contributed by atoms with Gasteiger partial charge in [0, 0.05) is 77.9 Å². The summed E-state index contributed by atoms with van der Waals surface area (Å²) in [6.07, 6.45) is 0. The molecule has 686 valence electrons. The van der Waals surface area contributed by atoms with Crippen LogP contribution in [-0.2, 0) is 32.5 Å². The fourth-order valence-electron chi connectivity index (χ4n) is 21.7. The van der Waals surface area contributed by atoms with E-state index in [9.17, 15) is 5.26 Å². The van der Waals surface area contributed by atoms with Gasteiger partial charge in [-0.2, -0.15) is 5.26 Å². The molecule has 0 amide bonds. The molecular formula is C134H117BN6. The van der Waals surface area contributed by atoms with Gasteiger partial charge in [-0.25, -0.2) is 4.85 Å². The first-order valence-corrected chi connectivity index (χ1v) is 49.8. The first-order valence-electron chi connectivity index (χ1n) is 49.8. The summed E-state index contributed by atoms with van der Waals surface area (Å²) in [6.45, 7) is 49.8. The van der Waals surface area contributed by atoms with Crippen molar-refractivity contribution in [1.82, 2.24) is 9.13 Å². The summed E-state index contributed by atoms with van der Waals surface area (Å²) in [5, 5.41) is 15.4. The van der Waals surface area contributed by atoms with Crippen LogP contribution in [0.5, 0.6) is 0 Å². The van der Waals surface area contributed by atoms with Crippen LogP contribution >= 0.6 is 0 Å². The van der Waals surface area contributed by atoms with Gasteiger partial charge in [0.25, 0.3) is 6.71 Å². The lowest BCUT2D eigenvalue weighted by molar-refractivity contribution is 0.590. The van der Waals surface area contributed by atoms with Crippen molar-refractivity contribution in [3.63, 3.8) is 0 Å². The molecule has 0 aliphatic carbocycles. The smallest absolute Gasteiger partial charge is 0.252 e. The van der Waals surface area contributed by atoms with Crippen LogP contribution < -0.4 is 26.2 Å². The molecule has 7 heteroatoms. The standard InChI is InChI=1S/C134H117BN6/c1-129(2,3)99-45-31-43-94(69-99)110-73-96(88-49-47-84(83-136)48-50-88)71-108(92-41-29-39-90(67-92)85-33-23-20-24-34-85)127(110)140-122-81-106(138-118-63-53-101(131(7,8)9)77-112(118)113-78-102(132(10,11)12)54-64-119(113)138)59-61-116(122)135-117-62-60-107(139-120-65-55-103(133(13,14)15)79-114(120)115-80-104(134(16,17)18)56-66-121(115)139)82-123(117)141(125-76-98(75-124(140)126(125)135)87-37-27-22-28-38-87)128-109(93-42-30-40-91(68-93)86-35-25-21-26-36-86)72-97(89-51-57-105(137-19)58-52-89)74-111(128)95-44-32-46-100(70-95)130(4,5)6/h20-82H,1-18H3. The summed E-state index contributed by atoms with van der Waals surface area (Å²) in [4.78, 5) is 9.44. The molecule has 0 unspecified atom stereocenters. The van der Waals surface area contributed by atoms with Crippen molar-refractivity contribution in [3.05, 3.63) is 433 Å². The van der Waals surface area contributed by atoms with Gasteiger partial charge in [0.1, 0.15) is 0 Å². The molecule has 20 aromatic rings. The van der Waals surface area contributed by atoms with E-state index < -0.39 is 6.71 Å². The molecule has 2 aromatic heterocycles. The van der Waals surface area contributed by atoms with Gasteiger partial charge in [0.05, 0.1) is 51.6 Å². The first-order chi connectivity index (χ1) is 67.6. The van der Waals surface area contributed by atoms with E-state index in [4.69, 9.17) is 6.57 Å². The Hall–Kier alpha value is -15.8. The Morgan fingerprint density at radius 1 is 0.241 bits per heavy atom. The third-order valence-electron chi connectivity index (χ3n) is 29.6. The topological polar surface area (TPSA) is 44.5 Å². The summed E-state index contributed by atoms with van der Waals surface area (Å²) < 4.78 is 5.12. The number of fused-ring (bicyclic) bond motifs is 10. The lowest BCUT2D eigenvalue weighted by Gasteiger charge is -2.46. The van der Waals surface area contributed by atoms with Gasteiger partial charge in [-0.1, -0.05) is 373 Å². The Labute approximate surface area is 832 Å². The second-order valence-corrected chi connectivity index (χ2v) is 45.2.